The van der Waals surface area contributed by atoms with Gasteiger partial charge in [0, 0.05) is 18.3 Å². The number of ether oxygens (including phenoxy) is 1. The number of aryl methyl sites for hydroxylation is 1. The molecule has 1 aliphatic heterocycles. The third-order valence-corrected chi connectivity index (χ3v) is 3.80. The van der Waals surface area contributed by atoms with Crippen LogP contribution in [0.2, 0.25) is 0 Å². The van der Waals surface area contributed by atoms with Crippen molar-refractivity contribution in [3.05, 3.63) is 48.0 Å². The summed E-state index contributed by atoms with van der Waals surface area (Å²) in [6.07, 6.45) is 0. The fourth-order valence-electron chi connectivity index (χ4n) is 2.75. The molecule has 2 amide bonds. The van der Waals surface area contributed by atoms with E-state index >= 15 is 0 Å². The molecule has 2 aromatic carbocycles. The molecule has 0 radical (unpaired) electrons. The number of carbonyl (C=O) groups excluding carboxylic acids is 3. The standard InChI is InChI=1S/C19H19N3O4/c1-12-6-7-16-17(8-12)26-19(25)11-22(16)10-18(24)21-15-5-3-4-14(9-15)20-13(2)23/h3-9H,10-11H2,1-2H3,(H,20,23)(H,21,24). The highest BCUT2D eigenvalue weighted by atomic mass is 16.5. The second kappa shape index (κ2) is 7.26. The molecule has 134 valence electrons. The first kappa shape index (κ1) is 17.5. The molecule has 0 saturated carbocycles. The van der Waals surface area contributed by atoms with Crippen LogP contribution in [0.25, 0.3) is 0 Å². The smallest absolute Gasteiger partial charge is 0.331 e. The molecular weight excluding hydrogens is 334 g/mol. The molecule has 0 saturated heterocycles. The van der Waals surface area contributed by atoms with Crippen LogP contribution in [0.1, 0.15) is 12.5 Å². The minimum Gasteiger partial charge on any atom is -0.423 e. The highest BCUT2D eigenvalue weighted by Gasteiger charge is 2.25. The van der Waals surface area contributed by atoms with E-state index in [4.69, 9.17) is 4.74 Å². The molecule has 2 N–H and O–H groups in total. The number of amides is 2. The first-order chi connectivity index (χ1) is 12.4. The minimum atomic E-state index is -0.399. The summed E-state index contributed by atoms with van der Waals surface area (Å²) in [6, 6.07) is 12.4. The quantitative estimate of drug-likeness (QED) is 0.651. The van der Waals surface area contributed by atoms with Crippen molar-refractivity contribution >= 4 is 34.8 Å². The summed E-state index contributed by atoms with van der Waals surface area (Å²) in [6.45, 7) is 3.34. The van der Waals surface area contributed by atoms with E-state index in [0.717, 1.165) is 5.56 Å². The van der Waals surface area contributed by atoms with Gasteiger partial charge in [-0.1, -0.05) is 12.1 Å². The molecule has 7 heteroatoms. The molecule has 0 spiro atoms. The molecule has 0 bridgehead atoms. The molecule has 0 aliphatic carbocycles. The van der Waals surface area contributed by atoms with Gasteiger partial charge in [-0.05, 0) is 42.8 Å². The van der Waals surface area contributed by atoms with Crippen LogP contribution in [0.3, 0.4) is 0 Å². The molecule has 0 atom stereocenters. The first-order valence-electron chi connectivity index (χ1n) is 8.14. The predicted octanol–water partition coefficient (Wildman–Crippen LogP) is 2.32. The van der Waals surface area contributed by atoms with Crippen molar-refractivity contribution in [3.8, 4) is 5.75 Å². The predicted molar refractivity (Wildman–Crippen MR) is 98.4 cm³/mol. The van der Waals surface area contributed by atoms with Crippen molar-refractivity contribution in [1.29, 1.82) is 0 Å². The van der Waals surface area contributed by atoms with Crippen molar-refractivity contribution in [2.45, 2.75) is 13.8 Å². The van der Waals surface area contributed by atoms with Crippen LogP contribution in [0.15, 0.2) is 42.5 Å². The van der Waals surface area contributed by atoms with Crippen molar-refractivity contribution in [2.75, 3.05) is 28.6 Å². The van der Waals surface area contributed by atoms with E-state index in [9.17, 15) is 14.4 Å². The average molecular weight is 353 g/mol. The maximum atomic E-state index is 12.4. The zero-order valence-corrected chi connectivity index (χ0v) is 14.5. The Morgan fingerprint density at radius 2 is 1.85 bits per heavy atom. The Morgan fingerprint density at radius 1 is 1.12 bits per heavy atom. The number of fused-ring (bicyclic) bond motifs is 1. The second-order valence-corrected chi connectivity index (χ2v) is 6.11. The van der Waals surface area contributed by atoms with E-state index in [0.29, 0.717) is 22.8 Å². The normalized spacial score (nSPS) is 12.8. The average Bonchev–Trinajstić information content (AvgIpc) is 2.53. The molecule has 0 fully saturated rings. The van der Waals surface area contributed by atoms with Crippen LogP contribution in [-0.2, 0) is 14.4 Å². The van der Waals surface area contributed by atoms with E-state index in [1.165, 1.54) is 6.92 Å². The van der Waals surface area contributed by atoms with E-state index in [-0.39, 0.29) is 24.9 Å². The van der Waals surface area contributed by atoms with Gasteiger partial charge in [0.05, 0.1) is 12.2 Å². The number of benzene rings is 2. The third-order valence-electron chi connectivity index (χ3n) is 3.80. The lowest BCUT2D eigenvalue weighted by atomic mass is 10.1. The van der Waals surface area contributed by atoms with Crippen LogP contribution >= 0.6 is 0 Å². The van der Waals surface area contributed by atoms with Crippen LogP contribution in [-0.4, -0.2) is 30.9 Å². The summed E-state index contributed by atoms with van der Waals surface area (Å²) < 4.78 is 5.24. The maximum Gasteiger partial charge on any atom is 0.331 e. The SMILES string of the molecule is CC(=O)Nc1cccc(NC(=O)CN2CC(=O)Oc3cc(C)ccc32)c1. The lowest BCUT2D eigenvalue weighted by Gasteiger charge is -2.29. The number of rotatable bonds is 4. The van der Waals surface area contributed by atoms with Crippen LogP contribution < -0.4 is 20.3 Å². The monoisotopic (exact) mass is 353 g/mol. The highest BCUT2D eigenvalue weighted by molar-refractivity contribution is 5.97. The highest BCUT2D eigenvalue weighted by Crippen LogP contribution is 2.32. The lowest BCUT2D eigenvalue weighted by Crippen LogP contribution is -2.41. The Hall–Kier alpha value is -3.35. The zero-order valence-electron chi connectivity index (χ0n) is 14.5. The molecule has 3 rings (SSSR count). The van der Waals surface area contributed by atoms with Gasteiger partial charge in [-0.3, -0.25) is 9.59 Å². The topological polar surface area (TPSA) is 87.7 Å². The molecule has 0 aromatic heterocycles. The number of nitrogens with one attached hydrogen (secondary N) is 2. The number of hydrogen-bond donors (Lipinski definition) is 2. The minimum absolute atomic E-state index is 0.00934. The molecule has 0 unspecified atom stereocenters. The van der Waals surface area contributed by atoms with Crippen molar-refractivity contribution in [1.82, 2.24) is 0 Å². The van der Waals surface area contributed by atoms with Gasteiger partial charge in [-0.15, -0.1) is 0 Å². The molecule has 2 aromatic rings. The first-order valence-corrected chi connectivity index (χ1v) is 8.14. The molecule has 1 heterocycles. The fraction of sp³-hybridized carbons (Fsp3) is 0.211. The molecule has 7 nitrogen and oxygen atoms in total. The molecular formula is C19H19N3O4. The van der Waals surface area contributed by atoms with Crippen LogP contribution in [0, 0.1) is 6.92 Å². The van der Waals surface area contributed by atoms with E-state index in [1.54, 1.807) is 35.2 Å². The summed E-state index contributed by atoms with van der Waals surface area (Å²) in [7, 11) is 0. The van der Waals surface area contributed by atoms with Crippen LogP contribution in [0.4, 0.5) is 17.1 Å². The van der Waals surface area contributed by atoms with Gasteiger partial charge in [-0.2, -0.15) is 0 Å². The number of nitrogens with zero attached hydrogens (tertiary/aromatic N) is 1. The largest absolute Gasteiger partial charge is 0.423 e. The Bertz CT molecular complexity index is 879. The molecule has 1 aliphatic rings. The van der Waals surface area contributed by atoms with Gasteiger partial charge in [-0.25, -0.2) is 4.79 Å². The summed E-state index contributed by atoms with van der Waals surface area (Å²) in [5.74, 6) is -0.399. The Kier molecular flexibility index (Phi) is 4.88. The van der Waals surface area contributed by atoms with Crippen molar-refractivity contribution in [3.63, 3.8) is 0 Å². The van der Waals surface area contributed by atoms with Gasteiger partial charge >= 0.3 is 5.97 Å². The Morgan fingerprint density at radius 3 is 2.58 bits per heavy atom. The number of esters is 1. The van der Waals surface area contributed by atoms with Gasteiger partial charge in [0.2, 0.25) is 11.8 Å². The summed E-state index contributed by atoms with van der Waals surface area (Å²) >= 11 is 0. The number of hydrogen-bond acceptors (Lipinski definition) is 5. The van der Waals surface area contributed by atoms with Gasteiger partial charge in [0.1, 0.15) is 6.54 Å². The summed E-state index contributed by atoms with van der Waals surface area (Å²) in [5, 5.41) is 5.44. The lowest BCUT2D eigenvalue weighted by molar-refractivity contribution is -0.133. The fourth-order valence-corrected chi connectivity index (χ4v) is 2.75. The van der Waals surface area contributed by atoms with Crippen molar-refractivity contribution < 1.29 is 19.1 Å². The van der Waals surface area contributed by atoms with E-state index in [2.05, 4.69) is 10.6 Å². The maximum absolute atomic E-state index is 12.4. The molecule has 26 heavy (non-hydrogen) atoms. The van der Waals surface area contributed by atoms with Gasteiger partial charge in [0.15, 0.2) is 5.75 Å². The third kappa shape index (κ3) is 4.18. The Balaban J connectivity index is 1.71. The zero-order chi connectivity index (χ0) is 18.7. The summed E-state index contributed by atoms with van der Waals surface area (Å²) in [4.78, 5) is 37.0. The van der Waals surface area contributed by atoms with Gasteiger partial charge < -0.3 is 20.3 Å². The van der Waals surface area contributed by atoms with E-state index in [1.807, 2.05) is 19.1 Å². The van der Waals surface area contributed by atoms with Crippen LogP contribution in [0.5, 0.6) is 5.75 Å². The second-order valence-electron chi connectivity index (χ2n) is 6.11. The van der Waals surface area contributed by atoms with E-state index < -0.39 is 5.97 Å². The summed E-state index contributed by atoms with van der Waals surface area (Å²) in [5.41, 5.74) is 2.83. The van der Waals surface area contributed by atoms with Gasteiger partial charge in [0.25, 0.3) is 0 Å². The van der Waals surface area contributed by atoms with Crippen molar-refractivity contribution in [2.24, 2.45) is 0 Å². The number of anilines is 3. The Labute approximate surface area is 150 Å². The number of carbonyl (C=O) groups is 3.